The number of nitrogens with one attached hydrogen (secondary N) is 2. The van der Waals surface area contributed by atoms with Crippen molar-refractivity contribution < 1.29 is 18.0 Å². The smallest absolute Gasteiger partial charge is 0.364 e. The molecule has 0 spiro atoms. The first-order valence-electron chi connectivity index (χ1n) is 11.9. The van der Waals surface area contributed by atoms with E-state index in [0.29, 0.717) is 12.8 Å². The molecule has 4 rings (SSSR count). The van der Waals surface area contributed by atoms with Gasteiger partial charge in [-0.2, -0.15) is 23.3 Å². The molecule has 0 atom stereocenters. The molecule has 1 aliphatic heterocycles. The highest BCUT2D eigenvalue weighted by molar-refractivity contribution is 5.75. The topological polar surface area (TPSA) is 105 Å². The summed E-state index contributed by atoms with van der Waals surface area (Å²) < 4.78 is 41.7. The van der Waals surface area contributed by atoms with E-state index in [0.717, 1.165) is 19.0 Å². The van der Waals surface area contributed by atoms with Gasteiger partial charge in [0, 0.05) is 35.8 Å². The third-order valence-corrected chi connectivity index (χ3v) is 6.94. The molecule has 0 bridgehead atoms. The Labute approximate surface area is 207 Å². The maximum atomic E-state index is 13.4. The van der Waals surface area contributed by atoms with Gasteiger partial charge in [-0.3, -0.25) is 9.59 Å². The maximum Gasteiger partial charge on any atom is 0.421 e. The molecule has 36 heavy (non-hydrogen) atoms. The van der Waals surface area contributed by atoms with Gasteiger partial charge in [0.05, 0.1) is 17.9 Å². The highest BCUT2D eigenvalue weighted by Crippen LogP contribution is 2.43. The number of likely N-dealkylation sites (tertiary alicyclic amines) is 1. The molecule has 196 valence electrons. The van der Waals surface area contributed by atoms with Crippen molar-refractivity contribution in [2.45, 2.75) is 96.1 Å². The van der Waals surface area contributed by atoms with E-state index in [2.05, 4.69) is 25.7 Å². The fourth-order valence-corrected chi connectivity index (χ4v) is 5.49. The van der Waals surface area contributed by atoms with Gasteiger partial charge in [0.1, 0.15) is 11.4 Å². The van der Waals surface area contributed by atoms with Gasteiger partial charge in [-0.25, -0.2) is 9.67 Å². The zero-order chi connectivity index (χ0) is 26.7. The van der Waals surface area contributed by atoms with Crippen LogP contribution in [-0.4, -0.2) is 47.2 Å². The number of hydrogen-bond donors (Lipinski definition) is 2. The molecule has 3 heterocycles. The van der Waals surface area contributed by atoms with Crippen molar-refractivity contribution in [2.24, 2.45) is 0 Å². The van der Waals surface area contributed by atoms with Crippen LogP contribution in [0.25, 0.3) is 0 Å². The van der Waals surface area contributed by atoms with Crippen LogP contribution in [0.15, 0.2) is 23.3 Å². The largest absolute Gasteiger partial charge is 0.421 e. The molecular formula is C24H32F3N7O2. The standard InChI is InChI=1S/C24H32F3N7O2/c1-14(35)34-21(2,3)10-16(11-22(34,4)5)33-18(36)9-15(12-29-33)30-20-28-13-17(24(25,26)27)19(31-20)32-23(6)7-8-23/h9,12-13,16H,7-8,10-11H2,1-6H3,(H2,28,30,31,32). The van der Waals surface area contributed by atoms with Crippen molar-refractivity contribution >= 4 is 23.4 Å². The van der Waals surface area contributed by atoms with Gasteiger partial charge in [-0.1, -0.05) is 0 Å². The molecule has 2 fully saturated rings. The van der Waals surface area contributed by atoms with E-state index in [1.807, 2.05) is 39.5 Å². The zero-order valence-electron chi connectivity index (χ0n) is 21.3. The Morgan fingerprint density at radius 3 is 2.19 bits per heavy atom. The number of anilines is 3. The Kier molecular flexibility index (Phi) is 6.08. The van der Waals surface area contributed by atoms with Gasteiger partial charge in [-0.05, 0) is 60.3 Å². The molecule has 2 N–H and O–H groups in total. The number of nitrogens with zero attached hydrogens (tertiary/aromatic N) is 5. The summed E-state index contributed by atoms with van der Waals surface area (Å²) in [6.07, 6.45) is 0.140. The molecule has 2 aromatic rings. The summed E-state index contributed by atoms with van der Waals surface area (Å²) in [6.45, 7) is 11.3. The van der Waals surface area contributed by atoms with Gasteiger partial charge in [0.15, 0.2) is 0 Å². The van der Waals surface area contributed by atoms with E-state index >= 15 is 0 Å². The average Bonchev–Trinajstić information content (AvgIpc) is 3.41. The van der Waals surface area contributed by atoms with Crippen LogP contribution in [0.1, 0.15) is 78.8 Å². The molecule has 1 aliphatic carbocycles. The molecule has 0 aromatic carbocycles. The molecule has 9 nitrogen and oxygen atoms in total. The van der Waals surface area contributed by atoms with Crippen molar-refractivity contribution in [3.63, 3.8) is 0 Å². The lowest BCUT2D eigenvalue weighted by atomic mass is 9.77. The van der Waals surface area contributed by atoms with Crippen LogP contribution in [0.4, 0.5) is 30.6 Å². The first-order chi connectivity index (χ1) is 16.5. The zero-order valence-corrected chi connectivity index (χ0v) is 21.3. The molecule has 1 saturated heterocycles. The van der Waals surface area contributed by atoms with Gasteiger partial charge >= 0.3 is 6.18 Å². The minimum atomic E-state index is -4.60. The van der Waals surface area contributed by atoms with Crippen molar-refractivity contribution in [1.29, 1.82) is 0 Å². The molecule has 2 aromatic heterocycles. The SMILES string of the molecule is CC(=O)N1C(C)(C)CC(n2ncc(Nc3ncc(C(F)(F)F)c(NC4(C)CC4)n3)cc2=O)CC1(C)C. The minimum absolute atomic E-state index is 0.0237. The summed E-state index contributed by atoms with van der Waals surface area (Å²) in [4.78, 5) is 35.0. The number of halogens is 3. The number of carbonyl (C=O) groups is 1. The van der Waals surface area contributed by atoms with Crippen molar-refractivity contribution in [1.82, 2.24) is 24.6 Å². The minimum Gasteiger partial charge on any atom is -0.364 e. The van der Waals surface area contributed by atoms with E-state index in [1.54, 1.807) is 6.92 Å². The Morgan fingerprint density at radius 2 is 1.69 bits per heavy atom. The molecule has 0 radical (unpaired) electrons. The quantitative estimate of drug-likeness (QED) is 0.614. The number of amides is 1. The molecule has 1 amide bonds. The number of rotatable bonds is 5. The Morgan fingerprint density at radius 1 is 1.08 bits per heavy atom. The number of piperidine rings is 1. The summed E-state index contributed by atoms with van der Waals surface area (Å²) in [5, 5.41) is 9.99. The van der Waals surface area contributed by atoms with Crippen LogP contribution >= 0.6 is 0 Å². The Bertz CT molecular complexity index is 1220. The Balaban J connectivity index is 1.57. The first-order valence-corrected chi connectivity index (χ1v) is 11.9. The highest BCUT2D eigenvalue weighted by Gasteiger charge is 2.47. The number of carbonyl (C=O) groups excluding carboxylic acids is 1. The van der Waals surface area contributed by atoms with Gasteiger partial charge in [-0.15, -0.1) is 0 Å². The van der Waals surface area contributed by atoms with Crippen LogP contribution in [0.3, 0.4) is 0 Å². The second-order valence-electron chi connectivity index (χ2n) is 11.3. The van der Waals surface area contributed by atoms with Crippen LogP contribution < -0.4 is 16.2 Å². The summed E-state index contributed by atoms with van der Waals surface area (Å²) in [5.74, 6) is -0.405. The molecule has 1 saturated carbocycles. The van der Waals surface area contributed by atoms with Crippen molar-refractivity contribution in [3.05, 3.63) is 34.4 Å². The normalized spacial score (nSPS) is 20.6. The molecule has 12 heteroatoms. The van der Waals surface area contributed by atoms with Crippen molar-refractivity contribution in [2.75, 3.05) is 10.6 Å². The summed E-state index contributed by atoms with van der Waals surface area (Å²) in [7, 11) is 0. The lowest BCUT2D eigenvalue weighted by Crippen LogP contribution is -2.62. The lowest BCUT2D eigenvalue weighted by molar-refractivity contribution is -0.148. The monoisotopic (exact) mass is 507 g/mol. The molecule has 0 unspecified atom stereocenters. The summed E-state index contributed by atoms with van der Waals surface area (Å²) >= 11 is 0. The third-order valence-electron chi connectivity index (χ3n) is 6.94. The second-order valence-corrected chi connectivity index (χ2v) is 11.3. The van der Waals surface area contributed by atoms with Gasteiger partial charge in [0.25, 0.3) is 5.56 Å². The fourth-order valence-electron chi connectivity index (χ4n) is 5.49. The van der Waals surface area contributed by atoms with Crippen LogP contribution in [0.2, 0.25) is 0 Å². The van der Waals surface area contributed by atoms with E-state index in [4.69, 9.17) is 0 Å². The third kappa shape index (κ3) is 5.17. The van der Waals surface area contributed by atoms with E-state index in [-0.39, 0.29) is 35.0 Å². The van der Waals surface area contributed by atoms with Crippen LogP contribution in [0, 0.1) is 0 Å². The second kappa shape index (κ2) is 8.45. The van der Waals surface area contributed by atoms with E-state index in [1.165, 1.54) is 16.9 Å². The van der Waals surface area contributed by atoms with E-state index < -0.39 is 28.4 Å². The average molecular weight is 508 g/mol. The first kappa shape index (κ1) is 25.9. The maximum absolute atomic E-state index is 13.4. The molecule has 2 aliphatic rings. The predicted molar refractivity (Wildman–Crippen MR) is 129 cm³/mol. The van der Waals surface area contributed by atoms with E-state index in [9.17, 15) is 22.8 Å². The number of hydrogen-bond acceptors (Lipinski definition) is 7. The lowest BCUT2D eigenvalue weighted by Gasteiger charge is -2.55. The highest BCUT2D eigenvalue weighted by atomic mass is 19.4. The van der Waals surface area contributed by atoms with Gasteiger partial charge < -0.3 is 15.5 Å². The van der Waals surface area contributed by atoms with Gasteiger partial charge in [0.2, 0.25) is 11.9 Å². The molecular weight excluding hydrogens is 475 g/mol. The predicted octanol–water partition coefficient (Wildman–Crippen LogP) is 4.50. The summed E-state index contributed by atoms with van der Waals surface area (Å²) in [6, 6.07) is 1.09. The fraction of sp³-hybridized carbons (Fsp3) is 0.625. The number of alkyl halides is 3. The Hall–Kier alpha value is -3.18. The van der Waals surface area contributed by atoms with Crippen molar-refractivity contribution in [3.8, 4) is 0 Å². The summed E-state index contributed by atoms with van der Waals surface area (Å²) in [5.41, 5.74) is -2.44. The van der Waals surface area contributed by atoms with Crippen LogP contribution in [0.5, 0.6) is 0 Å². The van der Waals surface area contributed by atoms with Crippen LogP contribution in [-0.2, 0) is 11.0 Å². The number of aromatic nitrogens is 4.